The van der Waals surface area contributed by atoms with Gasteiger partial charge in [-0.15, -0.1) is 0 Å². The molecule has 1 aromatic carbocycles. The molecular weight excluding hydrogens is 278 g/mol. The molecule has 0 aliphatic carbocycles. The number of rotatable bonds is 5. The number of para-hydroxylation sites is 2. The summed E-state index contributed by atoms with van der Waals surface area (Å²) in [5.41, 5.74) is 2.26. The Labute approximate surface area is 131 Å². The second-order valence-electron chi connectivity index (χ2n) is 5.80. The van der Waals surface area contributed by atoms with Gasteiger partial charge in [-0.25, -0.2) is 4.98 Å². The van der Waals surface area contributed by atoms with Gasteiger partial charge in [-0.3, -0.25) is 4.90 Å². The number of hydrogen-bond acceptors (Lipinski definition) is 4. The van der Waals surface area contributed by atoms with Crippen molar-refractivity contribution in [3.63, 3.8) is 0 Å². The van der Waals surface area contributed by atoms with E-state index in [4.69, 9.17) is 9.47 Å². The number of likely N-dealkylation sites (N-methyl/N-ethyl adjacent to an activating group) is 1. The van der Waals surface area contributed by atoms with Crippen molar-refractivity contribution in [1.82, 2.24) is 14.9 Å². The van der Waals surface area contributed by atoms with Crippen molar-refractivity contribution in [1.29, 1.82) is 0 Å². The number of ether oxygens (including phenoxy) is 2. The third-order valence-corrected chi connectivity index (χ3v) is 3.87. The zero-order chi connectivity index (χ0) is 15.5. The average molecular weight is 301 g/mol. The molecule has 1 atom stereocenters. The molecule has 1 aliphatic rings. The maximum Gasteiger partial charge on any atom is 0.161 e. The molecule has 1 N–H and O–H groups in total. The summed E-state index contributed by atoms with van der Waals surface area (Å²) in [4.78, 5) is 10.2. The van der Waals surface area contributed by atoms with Crippen LogP contribution in [0.4, 0.5) is 0 Å². The van der Waals surface area contributed by atoms with Gasteiger partial charge >= 0.3 is 0 Å². The lowest BCUT2D eigenvalue weighted by Crippen LogP contribution is -2.39. The predicted octanol–water partition coefficient (Wildman–Crippen LogP) is 2.55. The predicted molar refractivity (Wildman–Crippen MR) is 85.4 cm³/mol. The van der Waals surface area contributed by atoms with E-state index in [-0.39, 0.29) is 6.10 Å². The molecule has 3 rings (SSSR count). The molecule has 118 valence electrons. The summed E-state index contributed by atoms with van der Waals surface area (Å²) in [6.45, 7) is 6.38. The molecule has 2 heterocycles. The minimum Gasteiger partial charge on any atom is -0.486 e. The summed E-state index contributed by atoms with van der Waals surface area (Å²) in [6.07, 6.45) is 0.978. The molecule has 5 heteroatoms. The third kappa shape index (κ3) is 3.25. The Bertz CT molecular complexity index is 639. The van der Waals surface area contributed by atoms with Crippen molar-refractivity contribution in [3.05, 3.63) is 41.5 Å². The Morgan fingerprint density at radius 3 is 2.82 bits per heavy atom. The molecule has 0 saturated heterocycles. The second kappa shape index (κ2) is 6.40. The fraction of sp³-hybridized carbons (Fsp3) is 0.471. The number of nitrogens with zero attached hydrogens (tertiary/aromatic N) is 2. The Morgan fingerprint density at radius 2 is 2.09 bits per heavy atom. The minimum absolute atomic E-state index is 0.0461. The maximum atomic E-state index is 6.00. The number of imidazole rings is 1. The summed E-state index contributed by atoms with van der Waals surface area (Å²) < 4.78 is 11.8. The molecule has 1 aromatic heterocycles. The molecule has 1 unspecified atom stereocenters. The van der Waals surface area contributed by atoms with Gasteiger partial charge in [-0.1, -0.05) is 19.1 Å². The van der Waals surface area contributed by atoms with E-state index in [1.807, 2.05) is 24.3 Å². The van der Waals surface area contributed by atoms with Crippen molar-refractivity contribution in [3.8, 4) is 11.5 Å². The Kier molecular flexibility index (Phi) is 4.34. The molecule has 0 fully saturated rings. The Balaban J connectivity index is 1.58. The molecule has 2 aromatic rings. The highest BCUT2D eigenvalue weighted by Gasteiger charge is 2.22. The molecule has 0 spiro atoms. The second-order valence-corrected chi connectivity index (χ2v) is 5.80. The lowest BCUT2D eigenvalue weighted by atomic mass is 10.2. The molecule has 0 saturated carbocycles. The standard InChI is InChI=1S/C17H23N3O2/c1-4-17-18-12(2)14(19-17)10-20(3)9-13-11-21-15-7-5-6-8-16(15)22-13/h5-8,13H,4,9-11H2,1-3H3,(H,18,19). The van der Waals surface area contributed by atoms with Gasteiger partial charge in [0, 0.05) is 25.2 Å². The van der Waals surface area contributed by atoms with E-state index in [0.29, 0.717) is 6.61 Å². The minimum atomic E-state index is 0.0461. The van der Waals surface area contributed by atoms with E-state index in [9.17, 15) is 0 Å². The van der Waals surface area contributed by atoms with Gasteiger partial charge in [0.2, 0.25) is 0 Å². The molecule has 0 amide bonds. The largest absolute Gasteiger partial charge is 0.486 e. The van der Waals surface area contributed by atoms with Crippen LogP contribution in [-0.2, 0) is 13.0 Å². The van der Waals surface area contributed by atoms with Crippen molar-refractivity contribution in [2.45, 2.75) is 32.9 Å². The number of H-pyrrole nitrogens is 1. The van der Waals surface area contributed by atoms with Crippen molar-refractivity contribution in [2.24, 2.45) is 0 Å². The normalized spacial score (nSPS) is 17.0. The molecule has 5 nitrogen and oxygen atoms in total. The molecule has 0 bridgehead atoms. The Hall–Kier alpha value is -2.01. The first-order chi connectivity index (χ1) is 10.7. The highest BCUT2D eigenvalue weighted by Crippen LogP contribution is 2.31. The number of aryl methyl sites for hydroxylation is 2. The van der Waals surface area contributed by atoms with Crippen LogP contribution in [0, 0.1) is 6.92 Å². The zero-order valence-corrected chi connectivity index (χ0v) is 13.4. The summed E-state index contributed by atoms with van der Waals surface area (Å²) in [7, 11) is 2.09. The van der Waals surface area contributed by atoms with Crippen molar-refractivity contribution in [2.75, 3.05) is 20.2 Å². The zero-order valence-electron chi connectivity index (χ0n) is 13.4. The number of hydrogen-bond donors (Lipinski definition) is 1. The number of nitrogens with one attached hydrogen (secondary N) is 1. The first-order valence-corrected chi connectivity index (χ1v) is 7.77. The quantitative estimate of drug-likeness (QED) is 0.922. The monoisotopic (exact) mass is 301 g/mol. The van der Waals surface area contributed by atoms with Crippen LogP contribution < -0.4 is 9.47 Å². The van der Waals surface area contributed by atoms with E-state index in [0.717, 1.165) is 48.2 Å². The van der Waals surface area contributed by atoms with E-state index in [1.165, 1.54) is 0 Å². The lowest BCUT2D eigenvalue weighted by molar-refractivity contribution is 0.0635. The van der Waals surface area contributed by atoms with Gasteiger partial charge in [0.05, 0.1) is 5.69 Å². The number of aromatic amines is 1. The smallest absolute Gasteiger partial charge is 0.161 e. The molecule has 22 heavy (non-hydrogen) atoms. The van der Waals surface area contributed by atoms with Crippen molar-refractivity contribution < 1.29 is 9.47 Å². The molecule has 1 aliphatic heterocycles. The summed E-state index contributed by atoms with van der Waals surface area (Å²) in [6, 6.07) is 7.81. The van der Waals surface area contributed by atoms with Crippen LogP contribution in [-0.4, -0.2) is 41.2 Å². The SMILES string of the molecule is CCc1nc(CN(C)CC2COc3ccccc3O2)c(C)[nH]1. The van der Waals surface area contributed by atoms with Crippen LogP contribution >= 0.6 is 0 Å². The lowest BCUT2D eigenvalue weighted by Gasteiger charge is -2.29. The summed E-state index contributed by atoms with van der Waals surface area (Å²) >= 11 is 0. The van der Waals surface area contributed by atoms with E-state index in [2.05, 4.69) is 35.8 Å². The van der Waals surface area contributed by atoms with Crippen molar-refractivity contribution >= 4 is 0 Å². The van der Waals surface area contributed by atoms with Gasteiger partial charge in [-0.05, 0) is 26.1 Å². The van der Waals surface area contributed by atoms with Gasteiger partial charge in [0.1, 0.15) is 18.5 Å². The number of benzene rings is 1. The van der Waals surface area contributed by atoms with Crippen LogP contribution in [0.1, 0.15) is 24.1 Å². The number of aromatic nitrogens is 2. The van der Waals surface area contributed by atoms with Gasteiger partial charge in [-0.2, -0.15) is 0 Å². The van der Waals surface area contributed by atoms with E-state index < -0.39 is 0 Å². The fourth-order valence-electron chi connectivity index (χ4n) is 2.71. The van der Waals surface area contributed by atoms with Crippen LogP contribution in [0.15, 0.2) is 24.3 Å². The van der Waals surface area contributed by atoms with Crippen LogP contribution in [0.3, 0.4) is 0 Å². The van der Waals surface area contributed by atoms with E-state index >= 15 is 0 Å². The van der Waals surface area contributed by atoms with Gasteiger partial charge in [0.25, 0.3) is 0 Å². The van der Waals surface area contributed by atoms with Crippen LogP contribution in [0.25, 0.3) is 0 Å². The first-order valence-electron chi connectivity index (χ1n) is 7.77. The third-order valence-electron chi connectivity index (χ3n) is 3.87. The Morgan fingerprint density at radius 1 is 1.32 bits per heavy atom. The highest BCUT2D eigenvalue weighted by molar-refractivity contribution is 5.40. The van der Waals surface area contributed by atoms with E-state index in [1.54, 1.807) is 0 Å². The molecular formula is C17H23N3O2. The average Bonchev–Trinajstić information content (AvgIpc) is 2.87. The molecule has 0 radical (unpaired) electrons. The highest BCUT2D eigenvalue weighted by atomic mass is 16.6. The first kappa shape index (κ1) is 14.9. The van der Waals surface area contributed by atoms with Gasteiger partial charge in [0.15, 0.2) is 11.5 Å². The fourth-order valence-corrected chi connectivity index (χ4v) is 2.71. The van der Waals surface area contributed by atoms with Crippen LogP contribution in [0.5, 0.6) is 11.5 Å². The summed E-state index contributed by atoms with van der Waals surface area (Å²) in [5.74, 6) is 2.71. The maximum absolute atomic E-state index is 6.00. The number of fused-ring (bicyclic) bond motifs is 1. The topological polar surface area (TPSA) is 50.4 Å². The summed E-state index contributed by atoms with van der Waals surface area (Å²) in [5, 5.41) is 0. The van der Waals surface area contributed by atoms with Crippen LogP contribution in [0.2, 0.25) is 0 Å². The van der Waals surface area contributed by atoms with Gasteiger partial charge < -0.3 is 14.5 Å².